The first-order chi connectivity index (χ1) is 10.1. The van der Waals surface area contributed by atoms with E-state index < -0.39 is 0 Å². The molecule has 0 aliphatic heterocycles. The summed E-state index contributed by atoms with van der Waals surface area (Å²) < 4.78 is 0. The van der Waals surface area contributed by atoms with Crippen molar-refractivity contribution in [2.45, 2.75) is 20.8 Å². The predicted octanol–water partition coefficient (Wildman–Crippen LogP) is 4.27. The fourth-order valence-electron chi connectivity index (χ4n) is 1.99. The minimum atomic E-state index is 0.585. The van der Waals surface area contributed by atoms with E-state index >= 15 is 0 Å². The normalized spacial score (nSPS) is 10.6. The van der Waals surface area contributed by atoms with Crippen molar-refractivity contribution in [3.63, 3.8) is 0 Å². The molecule has 0 amide bonds. The van der Waals surface area contributed by atoms with Crippen molar-refractivity contribution in [3.05, 3.63) is 52.0 Å². The first kappa shape index (κ1) is 13.7. The van der Waals surface area contributed by atoms with E-state index in [-0.39, 0.29) is 0 Å². The van der Waals surface area contributed by atoms with E-state index in [2.05, 4.69) is 46.2 Å². The molecular formula is C16H16N4S. The minimum absolute atomic E-state index is 0.585. The van der Waals surface area contributed by atoms with Crippen molar-refractivity contribution >= 4 is 23.0 Å². The molecule has 0 saturated carbocycles. The highest BCUT2D eigenvalue weighted by atomic mass is 32.1. The second-order valence-electron chi connectivity index (χ2n) is 4.94. The number of hydrogen-bond donors (Lipinski definition) is 1. The molecule has 0 saturated heterocycles. The maximum atomic E-state index is 4.53. The number of rotatable bonds is 3. The van der Waals surface area contributed by atoms with E-state index in [1.807, 2.05) is 24.4 Å². The lowest BCUT2D eigenvalue weighted by molar-refractivity contribution is 1.15. The summed E-state index contributed by atoms with van der Waals surface area (Å²) in [6, 6.07) is 8.09. The molecule has 3 aromatic rings. The molecule has 5 heteroatoms. The van der Waals surface area contributed by atoms with Crippen LogP contribution in [0, 0.1) is 20.8 Å². The molecule has 1 N–H and O–H groups in total. The molecule has 21 heavy (non-hydrogen) atoms. The summed E-state index contributed by atoms with van der Waals surface area (Å²) in [7, 11) is 0. The Labute approximate surface area is 127 Å². The third-order valence-corrected chi connectivity index (χ3v) is 4.07. The molecule has 0 aliphatic rings. The number of aryl methyl sites for hydroxylation is 3. The molecule has 0 fully saturated rings. The maximum absolute atomic E-state index is 4.53. The predicted molar refractivity (Wildman–Crippen MR) is 87.1 cm³/mol. The Kier molecular flexibility index (Phi) is 3.66. The number of aromatic nitrogens is 3. The third-order valence-electron chi connectivity index (χ3n) is 3.30. The summed E-state index contributed by atoms with van der Waals surface area (Å²) in [4.78, 5) is 13.3. The highest BCUT2D eigenvalue weighted by Gasteiger charge is 2.06. The largest absolute Gasteiger partial charge is 0.324 e. The van der Waals surface area contributed by atoms with Crippen LogP contribution < -0.4 is 5.32 Å². The molecule has 2 aromatic heterocycles. The lowest BCUT2D eigenvalue weighted by Gasteiger charge is -2.08. The Hall–Kier alpha value is -2.27. The smallest absolute Gasteiger partial charge is 0.227 e. The minimum Gasteiger partial charge on any atom is -0.324 e. The number of thiazole rings is 1. The van der Waals surface area contributed by atoms with E-state index in [9.17, 15) is 0 Å². The Morgan fingerprint density at radius 3 is 2.52 bits per heavy atom. The number of anilines is 2. The van der Waals surface area contributed by atoms with Gasteiger partial charge >= 0.3 is 0 Å². The Bertz CT molecular complexity index is 779. The van der Waals surface area contributed by atoms with Crippen LogP contribution in [0.15, 0.2) is 35.8 Å². The zero-order valence-electron chi connectivity index (χ0n) is 12.2. The van der Waals surface area contributed by atoms with Crippen molar-refractivity contribution < 1.29 is 0 Å². The molecule has 4 nitrogen and oxygen atoms in total. The first-order valence-corrected chi connectivity index (χ1v) is 7.59. The first-order valence-electron chi connectivity index (χ1n) is 6.71. The van der Waals surface area contributed by atoms with Gasteiger partial charge in [-0.05, 0) is 50.1 Å². The fraction of sp³-hybridized carbons (Fsp3) is 0.188. The second kappa shape index (κ2) is 5.61. The van der Waals surface area contributed by atoms with E-state index in [0.717, 1.165) is 22.1 Å². The quantitative estimate of drug-likeness (QED) is 0.784. The number of nitrogens with one attached hydrogen (secondary N) is 1. The summed E-state index contributed by atoms with van der Waals surface area (Å²) in [5, 5.41) is 6.29. The lowest BCUT2D eigenvalue weighted by Crippen LogP contribution is -1.98. The molecular weight excluding hydrogens is 280 g/mol. The van der Waals surface area contributed by atoms with Crippen LogP contribution in [0.25, 0.3) is 11.4 Å². The highest BCUT2D eigenvalue weighted by Crippen LogP contribution is 2.22. The third kappa shape index (κ3) is 3.08. The van der Waals surface area contributed by atoms with Gasteiger partial charge in [0.05, 0.1) is 10.7 Å². The standard InChI is InChI=1S/C16H16N4S/c1-10-4-5-13(8-11(10)2)19-16-17-7-6-14(20-16)15-9-21-12(3)18-15/h4-9H,1-3H3,(H,17,19,20). The van der Waals surface area contributed by atoms with Gasteiger partial charge in [-0.3, -0.25) is 0 Å². The van der Waals surface area contributed by atoms with E-state index in [1.54, 1.807) is 17.5 Å². The van der Waals surface area contributed by atoms with Crippen molar-refractivity contribution in [1.29, 1.82) is 0 Å². The van der Waals surface area contributed by atoms with Crippen LogP contribution in [0.5, 0.6) is 0 Å². The van der Waals surface area contributed by atoms with E-state index in [4.69, 9.17) is 0 Å². The Morgan fingerprint density at radius 2 is 1.81 bits per heavy atom. The Morgan fingerprint density at radius 1 is 0.952 bits per heavy atom. The average molecular weight is 296 g/mol. The highest BCUT2D eigenvalue weighted by molar-refractivity contribution is 7.09. The monoisotopic (exact) mass is 296 g/mol. The van der Waals surface area contributed by atoms with Gasteiger partial charge < -0.3 is 5.32 Å². The Balaban J connectivity index is 1.87. The van der Waals surface area contributed by atoms with Gasteiger partial charge in [-0.15, -0.1) is 11.3 Å². The molecule has 1 aromatic carbocycles. The average Bonchev–Trinajstić information content (AvgIpc) is 2.90. The SMILES string of the molecule is Cc1nc(-c2ccnc(Nc3ccc(C)c(C)c3)n2)cs1. The van der Waals surface area contributed by atoms with Crippen molar-refractivity contribution in [2.75, 3.05) is 5.32 Å². The van der Waals surface area contributed by atoms with Crippen molar-refractivity contribution in [2.24, 2.45) is 0 Å². The zero-order chi connectivity index (χ0) is 14.8. The van der Waals surface area contributed by atoms with Crippen LogP contribution in [-0.2, 0) is 0 Å². The van der Waals surface area contributed by atoms with Gasteiger partial charge in [0.1, 0.15) is 5.69 Å². The molecule has 0 bridgehead atoms. The van der Waals surface area contributed by atoms with Crippen LogP contribution >= 0.6 is 11.3 Å². The summed E-state index contributed by atoms with van der Waals surface area (Å²) in [5.74, 6) is 0.585. The van der Waals surface area contributed by atoms with Crippen molar-refractivity contribution in [1.82, 2.24) is 15.0 Å². The molecule has 2 heterocycles. The second-order valence-corrected chi connectivity index (χ2v) is 6.00. The van der Waals surface area contributed by atoms with Crippen molar-refractivity contribution in [3.8, 4) is 11.4 Å². The van der Waals surface area contributed by atoms with Crippen LogP contribution in [0.3, 0.4) is 0 Å². The molecule has 0 unspecified atom stereocenters. The van der Waals surface area contributed by atoms with Gasteiger partial charge in [-0.2, -0.15) is 0 Å². The topological polar surface area (TPSA) is 50.7 Å². The molecule has 3 rings (SSSR count). The molecule has 0 atom stereocenters. The van der Waals surface area contributed by atoms with E-state index in [0.29, 0.717) is 5.95 Å². The number of benzene rings is 1. The summed E-state index contributed by atoms with van der Waals surface area (Å²) in [5.41, 5.74) is 5.23. The van der Waals surface area contributed by atoms with Gasteiger partial charge in [0.2, 0.25) is 5.95 Å². The summed E-state index contributed by atoms with van der Waals surface area (Å²) in [6.07, 6.45) is 1.75. The number of hydrogen-bond acceptors (Lipinski definition) is 5. The van der Waals surface area contributed by atoms with Gasteiger partial charge in [0, 0.05) is 17.3 Å². The molecule has 0 spiro atoms. The maximum Gasteiger partial charge on any atom is 0.227 e. The van der Waals surface area contributed by atoms with Crippen LogP contribution in [0.2, 0.25) is 0 Å². The van der Waals surface area contributed by atoms with Gasteiger partial charge in [-0.25, -0.2) is 15.0 Å². The molecule has 0 aliphatic carbocycles. The lowest BCUT2D eigenvalue weighted by atomic mass is 10.1. The van der Waals surface area contributed by atoms with Crippen LogP contribution in [0.1, 0.15) is 16.1 Å². The fourth-order valence-corrected chi connectivity index (χ4v) is 2.60. The van der Waals surface area contributed by atoms with Gasteiger partial charge in [0.15, 0.2) is 0 Å². The molecule has 0 radical (unpaired) electrons. The summed E-state index contributed by atoms with van der Waals surface area (Å²) in [6.45, 7) is 6.18. The van der Waals surface area contributed by atoms with Crippen LogP contribution in [0.4, 0.5) is 11.6 Å². The van der Waals surface area contributed by atoms with Crippen LogP contribution in [-0.4, -0.2) is 15.0 Å². The zero-order valence-corrected chi connectivity index (χ0v) is 13.0. The number of nitrogens with zero attached hydrogens (tertiary/aromatic N) is 3. The summed E-state index contributed by atoms with van der Waals surface area (Å²) >= 11 is 1.62. The van der Waals surface area contributed by atoms with Gasteiger partial charge in [0.25, 0.3) is 0 Å². The van der Waals surface area contributed by atoms with Gasteiger partial charge in [-0.1, -0.05) is 6.07 Å². The van der Waals surface area contributed by atoms with E-state index in [1.165, 1.54) is 11.1 Å². The molecule has 106 valence electrons.